The number of fused-ring (bicyclic) bond motifs is 1. The Hall–Kier alpha value is -0.760. The van der Waals surface area contributed by atoms with E-state index in [0.29, 0.717) is 0 Å². The largest absolute Gasteiger partial charge is 0.348 e. The minimum atomic E-state index is 1.33. The highest BCUT2D eigenvalue weighted by molar-refractivity contribution is 9.08. The van der Waals surface area contributed by atoms with Crippen molar-refractivity contribution in [1.29, 1.82) is 0 Å². The van der Waals surface area contributed by atoms with E-state index in [1.54, 1.807) is 0 Å². The van der Waals surface area contributed by atoms with Gasteiger partial charge in [0.25, 0.3) is 0 Å². The van der Waals surface area contributed by atoms with Gasteiger partial charge in [-0.25, -0.2) is 0 Å². The summed E-state index contributed by atoms with van der Waals surface area (Å²) in [5, 5.41) is 1.37. The van der Waals surface area contributed by atoms with Crippen molar-refractivity contribution >= 4 is 26.8 Å². The summed E-state index contributed by atoms with van der Waals surface area (Å²) in [7, 11) is 2.12. The van der Waals surface area contributed by atoms with Gasteiger partial charge >= 0.3 is 0 Å². The molecule has 1 aromatic heterocycles. The molecule has 0 aliphatic rings. The molecule has 14 heavy (non-hydrogen) atoms. The van der Waals surface area contributed by atoms with Crippen molar-refractivity contribution in [2.45, 2.75) is 13.8 Å². The Morgan fingerprint density at radius 1 is 1.07 bits per heavy atom. The molecule has 1 nitrogen and oxygen atoms in total. The molecule has 0 saturated carbocycles. The van der Waals surface area contributed by atoms with Crippen LogP contribution in [0.3, 0.4) is 0 Å². The standard InChI is InChI=1S/C11H13N.CH3Br/c1-8-9(2)12(3)11-7-5-4-6-10(8)11;1-2/h4-7H,1-3H3;1H3. The zero-order valence-electron chi connectivity index (χ0n) is 9.13. The lowest BCUT2D eigenvalue weighted by Crippen LogP contribution is -1.89. The van der Waals surface area contributed by atoms with Crippen LogP contribution in [-0.2, 0) is 7.05 Å². The van der Waals surface area contributed by atoms with Crippen LogP contribution in [0.4, 0.5) is 0 Å². The number of aryl methyl sites for hydroxylation is 2. The SMILES string of the molecule is CBr.Cc1c(C)n(C)c2ccccc12. The third kappa shape index (κ3) is 1.71. The van der Waals surface area contributed by atoms with Crippen LogP contribution in [0.2, 0.25) is 0 Å². The summed E-state index contributed by atoms with van der Waals surface area (Å²) in [6.45, 7) is 4.34. The molecule has 0 atom stereocenters. The molecule has 0 N–H and O–H groups in total. The Balaban J connectivity index is 0.000000461. The molecule has 0 aliphatic carbocycles. The first-order valence-corrected chi connectivity index (χ1v) is 6.19. The van der Waals surface area contributed by atoms with E-state index in [1.807, 2.05) is 5.83 Å². The fourth-order valence-electron chi connectivity index (χ4n) is 1.71. The monoisotopic (exact) mass is 253 g/mol. The smallest absolute Gasteiger partial charge is 0.0482 e. The summed E-state index contributed by atoms with van der Waals surface area (Å²) in [6, 6.07) is 8.52. The summed E-state index contributed by atoms with van der Waals surface area (Å²) in [5.74, 6) is 1.81. The van der Waals surface area contributed by atoms with Crippen LogP contribution in [0, 0.1) is 13.8 Å². The lowest BCUT2D eigenvalue weighted by atomic mass is 10.2. The molecule has 0 amide bonds. The minimum absolute atomic E-state index is 1.33. The number of hydrogen-bond acceptors (Lipinski definition) is 0. The maximum Gasteiger partial charge on any atom is 0.0482 e. The zero-order chi connectivity index (χ0) is 10.7. The molecule has 2 rings (SSSR count). The van der Waals surface area contributed by atoms with Crippen molar-refractivity contribution in [2.24, 2.45) is 7.05 Å². The third-order valence-corrected chi connectivity index (χ3v) is 2.72. The van der Waals surface area contributed by atoms with Crippen LogP contribution in [-0.4, -0.2) is 10.4 Å². The van der Waals surface area contributed by atoms with Gasteiger partial charge in [-0.05, 0) is 31.3 Å². The van der Waals surface area contributed by atoms with Crippen molar-refractivity contribution < 1.29 is 0 Å². The number of halogens is 1. The van der Waals surface area contributed by atoms with Gasteiger partial charge in [0.05, 0.1) is 0 Å². The Kier molecular flexibility index (Phi) is 3.76. The molecule has 0 unspecified atom stereocenters. The summed E-state index contributed by atoms with van der Waals surface area (Å²) < 4.78 is 2.24. The van der Waals surface area contributed by atoms with Crippen molar-refractivity contribution in [2.75, 3.05) is 5.83 Å². The average molecular weight is 254 g/mol. The normalized spacial score (nSPS) is 9.79. The summed E-state index contributed by atoms with van der Waals surface area (Å²) in [5.41, 5.74) is 4.08. The number of para-hydroxylation sites is 1. The van der Waals surface area contributed by atoms with Gasteiger partial charge in [-0.15, -0.1) is 0 Å². The Bertz CT molecular complexity index is 390. The van der Waals surface area contributed by atoms with E-state index in [0.717, 1.165) is 0 Å². The maximum absolute atomic E-state index is 2.94. The number of nitrogens with zero attached hydrogens (tertiary/aromatic N) is 1. The van der Waals surface area contributed by atoms with Gasteiger partial charge in [0, 0.05) is 23.6 Å². The lowest BCUT2D eigenvalue weighted by Gasteiger charge is -1.96. The summed E-state index contributed by atoms with van der Waals surface area (Å²) in [6.07, 6.45) is 0. The topological polar surface area (TPSA) is 4.93 Å². The molecule has 0 radical (unpaired) electrons. The minimum Gasteiger partial charge on any atom is -0.348 e. The van der Waals surface area contributed by atoms with Gasteiger partial charge in [0.1, 0.15) is 0 Å². The second-order valence-corrected chi connectivity index (χ2v) is 3.29. The molecule has 76 valence electrons. The fraction of sp³-hybridized carbons (Fsp3) is 0.333. The van der Waals surface area contributed by atoms with E-state index < -0.39 is 0 Å². The van der Waals surface area contributed by atoms with Gasteiger partial charge in [-0.1, -0.05) is 34.1 Å². The first-order chi connectivity index (χ1) is 6.72. The molecule has 0 spiro atoms. The van der Waals surface area contributed by atoms with Gasteiger partial charge in [-0.3, -0.25) is 0 Å². The highest BCUT2D eigenvalue weighted by Crippen LogP contribution is 2.22. The van der Waals surface area contributed by atoms with Crippen LogP contribution in [0.1, 0.15) is 11.3 Å². The van der Waals surface area contributed by atoms with E-state index in [2.05, 4.69) is 65.7 Å². The maximum atomic E-state index is 2.94. The second-order valence-electron chi connectivity index (χ2n) is 3.29. The summed E-state index contributed by atoms with van der Waals surface area (Å²) in [4.78, 5) is 0. The molecule has 0 fully saturated rings. The molecule has 1 aromatic carbocycles. The predicted molar refractivity (Wildman–Crippen MR) is 67.2 cm³/mol. The Morgan fingerprint density at radius 3 is 2.21 bits per heavy atom. The highest BCUT2D eigenvalue weighted by Gasteiger charge is 2.05. The number of hydrogen-bond donors (Lipinski definition) is 0. The molecule has 0 aliphatic heterocycles. The van der Waals surface area contributed by atoms with Crippen molar-refractivity contribution in [1.82, 2.24) is 4.57 Å². The number of benzene rings is 1. The van der Waals surface area contributed by atoms with Crippen LogP contribution >= 0.6 is 15.9 Å². The first-order valence-electron chi connectivity index (χ1n) is 4.60. The van der Waals surface area contributed by atoms with Crippen molar-refractivity contribution in [3.63, 3.8) is 0 Å². The van der Waals surface area contributed by atoms with Gasteiger partial charge < -0.3 is 4.57 Å². The van der Waals surface area contributed by atoms with Gasteiger partial charge in [0.2, 0.25) is 0 Å². The average Bonchev–Trinajstić information content (AvgIpc) is 2.48. The van der Waals surface area contributed by atoms with Crippen LogP contribution < -0.4 is 0 Å². The number of aromatic nitrogens is 1. The van der Waals surface area contributed by atoms with Crippen molar-refractivity contribution in [3.8, 4) is 0 Å². The lowest BCUT2D eigenvalue weighted by molar-refractivity contribution is 0.910. The molecule has 2 aromatic rings. The molecule has 2 heteroatoms. The molecule has 0 saturated heterocycles. The van der Waals surface area contributed by atoms with E-state index in [-0.39, 0.29) is 0 Å². The van der Waals surface area contributed by atoms with E-state index in [4.69, 9.17) is 0 Å². The molecular weight excluding hydrogens is 238 g/mol. The van der Waals surface area contributed by atoms with Gasteiger partial charge in [0.15, 0.2) is 0 Å². The van der Waals surface area contributed by atoms with E-state index in [1.165, 1.54) is 22.2 Å². The second kappa shape index (κ2) is 4.65. The molecule has 1 heterocycles. The summed E-state index contributed by atoms with van der Waals surface area (Å²) >= 11 is 2.94. The van der Waals surface area contributed by atoms with Crippen LogP contribution in [0.25, 0.3) is 10.9 Å². The zero-order valence-corrected chi connectivity index (χ0v) is 10.7. The number of rotatable bonds is 0. The van der Waals surface area contributed by atoms with Gasteiger partial charge in [-0.2, -0.15) is 0 Å². The quantitative estimate of drug-likeness (QED) is 0.630. The molecule has 0 bridgehead atoms. The van der Waals surface area contributed by atoms with E-state index in [9.17, 15) is 0 Å². The molecular formula is C12H16BrN. The Labute approximate surface area is 93.9 Å². The Morgan fingerprint density at radius 2 is 1.64 bits per heavy atom. The highest BCUT2D eigenvalue weighted by atomic mass is 79.9. The van der Waals surface area contributed by atoms with Crippen LogP contribution in [0.15, 0.2) is 24.3 Å². The fourth-order valence-corrected chi connectivity index (χ4v) is 1.71. The van der Waals surface area contributed by atoms with E-state index >= 15 is 0 Å². The predicted octanol–water partition coefficient (Wildman–Crippen LogP) is 3.81. The third-order valence-electron chi connectivity index (χ3n) is 2.72. The van der Waals surface area contributed by atoms with Crippen LogP contribution in [0.5, 0.6) is 0 Å². The number of alkyl halides is 1. The first kappa shape index (κ1) is 11.3. The van der Waals surface area contributed by atoms with Crippen molar-refractivity contribution in [3.05, 3.63) is 35.5 Å².